The fourth-order valence-electron chi connectivity index (χ4n) is 2.72. The van der Waals surface area contributed by atoms with Gasteiger partial charge >= 0.3 is 11.9 Å². The molecule has 0 aliphatic carbocycles. The molecule has 0 fully saturated rings. The highest BCUT2D eigenvalue weighted by molar-refractivity contribution is 5.86. The topological polar surface area (TPSA) is 93.1 Å². The first-order chi connectivity index (χ1) is 13.0. The van der Waals surface area contributed by atoms with Gasteiger partial charge in [-0.3, -0.25) is 9.59 Å². The number of nitrogens with zero attached hydrogens (tertiary/aromatic N) is 1. The van der Waals surface area contributed by atoms with Gasteiger partial charge in [0.2, 0.25) is 5.91 Å². The minimum Gasteiger partial charge on any atom is -0.462 e. The van der Waals surface area contributed by atoms with Gasteiger partial charge in [0.05, 0.1) is 5.41 Å². The Bertz CT molecular complexity index is 606. The highest BCUT2D eigenvalue weighted by Crippen LogP contribution is 2.45. The molecular formula is C22H39NO6. The van der Waals surface area contributed by atoms with E-state index in [-0.39, 0.29) is 36.5 Å². The van der Waals surface area contributed by atoms with Crippen molar-refractivity contribution in [2.24, 2.45) is 22.7 Å². The monoisotopic (exact) mass is 413 g/mol. The Kier molecular flexibility index (Phi) is 10.1. The van der Waals surface area contributed by atoms with Crippen LogP contribution in [0.25, 0.3) is 0 Å². The van der Waals surface area contributed by atoms with Gasteiger partial charge in [0, 0.05) is 25.6 Å². The number of amides is 1. The maximum absolute atomic E-state index is 12.8. The summed E-state index contributed by atoms with van der Waals surface area (Å²) in [5.41, 5.74) is -1.22. The lowest BCUT2D eigenvalue weighted by Gasteiger charge is -2.42. The van der Waals surface area contributed by atoms with Gasteiger partial charge in [-0.15, -0.1) is 0 Å². The van der Waals surface area contributed by atoms with E-state index >= 15 is 0 Å². The van der Waals surface area contributed by atoms with Crippen LogP contribution in [0.15, 0.2) is 12.2 Å². The maximum atomic E-state index is 12.8. The Labute approximate surface area is 175 Å². The Morgan fingerprint density at radius 3 is 1.93 bits per heavy atom. The molecule has 7 heteroatoms. The summed E-state index contributed by atoms with van der Waals surface area (Å²) in [6, 6.07) is 0. The van der Waals surface area contributed by atoms with E-state index in [4.69, 9.17) is 9.47 Å². The fourth-order valence-corrected chi connectivity index (χ4v) is 2.72. The van der Waals surface area contributed by atoms with Crippen molar-refractivity contribution in [1.82, 2.24) is 4.90 Å². The van der Waals surface area contributed by atoms with Gasteiger partial charge in [0.1, 0.15) is 19.3 Å². The minimum absolute atomic E-state index is 0.0343. The van der Waals surface area contributed by atoms with Gasteiger partial charge in [-0.25, -0.2) is 4.79 Å². The molecule has 0 bridgehead atoms. The standard InChI is InChI=1S/C22H39NO6/c1-14(2)17(18(25)23(9)10)11-21(5,6)22(7,8)20(27)29-13-16(24)12-28-19(26)15(3)4/h14,16-17,24H,3,11-13H2,1-2,4-10H3. The third-order valence-electron chi connectivity index (χ3n) is 5.66. The number of hydrogen-bond donors (Lipinski definition) is 1. The summed E-state index contributed by atoms with van der Waals surface area (Å²) >= 11 is 0. The van der Waals surface area contributed by atoms with E-state index in [0.717, 1.165) is 0 Å². The molecule has 168 valence electrons. The van der Waals surface area contributed by atoms with Gasteiger partial charge < -0.3 is 19.5 Å². The highest BCUT2D eigenvalue weighted by atomic mass is 16.6. The Balaban J connectivity index is 5.04. The van der Waals surface area contributed by atoms with Crippen LogP contribution in [0.2, 0.25) is 0 Å². The molecule has 0 rings (SSSR count). The molecule has 7 nitrogen and oxygen atoms in total. The second-order valence-electron chi connectivity index (χ2n) is 9.43. The number of aliphatic hydroxyl groups is 1. The van der Waals surface area contributed by atoms with Gasteiger partial charge in [-0.2, -0.15) is 0 Å². The molecule has 2 atom stereocenters. The number of ether oxygens (including phenoxy) is 2. The number of carbonyl (C=O) groups excluding carboxylic acids is 3. The van der Waals surface area contributed by atoms with E-state index in [9.17, 15) is 19.5 Å². The second kappa shape index (κ2) is 10.8. The molecule has 2 unspecified atom stereocenters. The van der Waals surface area contributed by atoms with Crippen molar-refractivity contribution >= 4 is 17.8 Å². The lowest BCUT2D eigenvalue weighted by Crippen LogP contribution is -2.45. The van der Waals surface area contributed by atoms with Crippen LogP contribution in [-0.4, -0.2) is 61.3 Å². The van der Waals surface area contributed by atoms with Crippen molar-refractivity contribution in [1.29, 1.82) is 0 Å². The molecule has 0 heterocycles. The average Bonchev–Trinajstić information content (AvgIpc) is 2.60. The quantitative estimate of drug-likeness (QED) is 0.414. The first-order valence-corrected chi connectivity index (χ1v) is 9.93. The lowest BCUT2D eigenvalue weighted by atomic mass is 9.62. The van der Waals surface area contributed by atoms with Crippen LogP contribution in [0.3, 0.4) is 0 Å². The van der Waals surface area contributed by atoms with Crippen molar-refractivity contribution in [3.8, 4) is 0 Å². The summed E-state index contributed by atoms with van der Waals surface area (Å²) in [5.74, 6) is -1.15. The molecule has 0 spiro atoms. The molecule has 1 amide bonds. The van der Waals surface area contributed by atoms with Gasteiger partial charge in [-0.1, -0.05) is 34.3 Å². The van der Waals surface area contributed by atoms with Crippen molar-refractivity contribution in [2.75, 3.05) is 27.3 Å². The van der Waals surface area contributed by atoms with Crippen LogP contribution < -0.4 is 0 Å². The smallest absolute Gasteiger partial charge is 0.333 e. The Morgan fingerprint density at radius 1 is 1.03 bits per heavy atom. The van der Waals surface area contributed by atoms with Crippen LogP contribution in [0.1, 0.15) is 54.9 Å². The summed E-state index contributed by atoms with van der Waals surface area (Å²) in [5, 5.41) is 9.92. The zero-order valence-corrected chi connectivity index (χ0v) is 19.5. The maximum Gasteiger partial charge on any atom is 0.333 e. The number of aliphatic hydroxyl groups excluding tert-OH is 1. The zero-order chi connectivity index (χ0) is 23.2. The summed E-state index contributed by atoms with van der Waals surface area (Å²) in [6.07, 6.45) is -0.609. The SMILES string of the molecule is C=C(C)C(=O)OCC(O)COC(=O)C(C)(C)C(C)(C)CC(C(=O)N(C)C)C(C)C. The van der Waals surface area contributed by atoms with Gasteiger partial charge in [0.25, 0.3) is 0 Å². The summed E-state index contributed by atoms with van der Waals surface area (Å²) in [7, 11) is 3.46. The predicted octanol–water partition coefficient (Wildman–Crippen LogP) is 2.81. The molecule has 0 aromatic heterocycles. The molecule has 0 radical (unpaired) electrons. The van der Waals surface area contributed by atoms with E-state index in [1.165, 1.54) is 6.92 Å². The molecule has 0 saturated heterocycles. The molecular weight excluding hydrogens is 374 g/mol. The van der Waals surface area contributed by atoms with Crippen LogP contribution in [0, 0.1) is 22.7 Å². The number of esters is 2. The van der Waals surface area contributed by atoms with Crippen LogP contribution in [-0.2, 0) is 23.9 Å². The summed E-state index contributed by atoms with van der Waals surface area (Å²) < 4.78 is 10.2. The first-order valence-electron chi connectivity index (χ1n) is 9.93. The number of hydrogen-bond acceptors (Lipinski definition) is 6. The molecule has 0 aliphatic heterocycles. The Morgan fingerprint density at radius 2 is 1.52 bits per heavy atom. The van der Waals surface area contributed by atoms with Crippen molar-refractivity contribution in [3.05, 3.63) is 12.2 Å². The molecule has 1 N–H and O–H groups in total. The lowest BCUT2D eigenvalue weighted by molar-refractivity contribution is -0.167. The van der Waals surface area contributed by atoms with Gasteiger partial charge in [-0.05, 0) is 38.5 Å². The third-order valence-corrected chi connectivity index (χ3v) is 5.66. The predicted molar refractivity (Wildman–Crippen MR) is 112 cm³/mol. The fraction of sp³-hybridized carbons (Fsp3) is 0.773. The molecule has 0 aliphatic rings. The minimum atomic E-state index is -1.13. The van der Waals surface area contributed by atoms with Crippen molar-refractivity contribution in [3.63, 3.8) is 0 Å². The average molecular weight is 414 g/mol. The van der Waals surface area contributed by atoms with Crippen LogP contribution in [0.4, 0.5) is 0 Å². The van der Waals surface area contributed by atoms with E-state index in [1.54, 1.807) is 32.8 Å². The summed E-state index contributed by atoms with van der Waals surface area (Å²) in [4.78, 5) is 38.3. The number of carbonyl (C=O) groups is 3. The molecule has 0 aromatic carbocycles. The third kappa shape index (κ3) is 7.80. The van der Waals surface area contributed by atoms with Crippen LogP contribution >= 0.6 is 0 Å². The largest absolute Gasteiger partial charge is 0.462 e. The normalized spacial score (nSPS) is 14.2. The zero-order valence-electron chi connectivity index (χ0n) is 19.5. The van der Waals surface area contributed by atoms with Crippen LogP contribution in [0.5, 0.6) is 0 Å². The number of rotatable bonds is 11. The molecule has 0 aromatic rings. The van der Waals surface area contributed by atoms with Gasteiger partial charge in [0.15, 0.2) is 0 Å². The second-order valence-corrected chi connectivity index (χ2v) is 9.43. The summed E-state index contributed by atoms with van der Waals surface area (Å²) in [6.45, 7) is 15.8. The Hall–Kier alpha value is -1.89. The van der Waals surface area contributed by atoms with E-state index in [2.05, 4.69) is 6.58 Å². The first kappa shape index (κ1) is 27.1. The highest BCUT2D eigenvalue weighted by Gasteiger charge is 2.47. The van der Waals surface area contributed by atoms with E-state index in [0.29, 0.717) is 6.42 Å². The van der Waals surface area contributed by atoms with E-state index in [1.807, 2.05) is 27.7 Å². The van der Waals surface area contributed by atoms with Crippen molar-refractivity contribution in [2.45, 2.75) is 61.0 Å². The van der Waals surface area contributed by atoms with Crippen molar-refractivity contribution < 1.29 is 29.0 Å². The van der Waals surface area contributed by atoms with E-state index < -0.39 is 28.9 Å². The molecule has 29 heavy (non-hydrogen) atoms. The molecule has 0 saturated carbocycles.